The minimum Gasteiger partial charge on any atom is -0.504 e. The summed E-state index contributed by atoms with van der Waals surface area (Å²) >= 11 is 0. The van der Waals surface area contributed by atoms with Crippen LogP contribution in [0.25, 0.3) is 21.9 Å². The third kappa shape index (κ3) is 2.52. The summed E-state index contributed by atoms with van der Waals surface area (Å²) in [7, 11) is 4.46. The van der Waals surface area contributed by atoms with Crippen LogP contribution in [0.3, 0.4) is 0 Å². The van der Waals surface area contributed by atoms with Gasteiger partial charge in [-0.1, -0.05) is 24.3 Å². The van der Waals surface area contributed by atoms with Crippen LogP contribution in [0.4, 0.5) is 5.69 Å². The highest BCUT2D eigenvalue weighted by atomic mass is 16.5. The van der Waals surface area contributed by atoms with Crippen molar-refractivity contribution in [3.63, 3.8) is 0 Å². The fourth-order valence-electron chi connectivity index (χ4n) is 3.01. The molecule has 0 saturated carbocycles. The number of nitrogens with two attached hydrogens (primary N) is 1. The minimum atomic E-state index is -0.282. The maximum atomic E-state index is 10.6. The van der Waals surface area contributed by atoms with Crippen molar-refractivity contribution in [1.82, 2.24) is 0 Å². The number of ether oxygens (including phenoxy) is 3. The van der Waals surface area contributed by atoms with Gasteiger partial charge in [0.2, 0.25) is 5.75 Å². The highest BCUT2D eigenvalue weighted by molar-refractivity contribution is 6.06. The Labute approximate surface area is 145 Å². The van der Waals surface area contributed by atoms with E-state index in [0.29, 0.717) is 34.1 Å². The van der Waals surface area contributed by atoms with Gasteiger partial charge in [0.25, 0.3) is 0 Å². The summed E-state index contributed by atoms with van der Waals surface area (Å²) in [5, 5.41) is 22.2. The molecule has 3 aromatic carbocycles. The summed E-state index contributed by atoms with van der Waals surface area (Å²) in [6.07, 6.45) is 0. The summed E-state index contributed by atoms with van der Waals surface area (Å²) in [5.74, 6) is 0.539. The van der Waals surface area contributed by atoms with Crippen LogP contribution in [-0.4, -0.2) is 31.5 Å². The molecular weight excluding hydrogens is 322 g/mol. The van der Waals surface area contributed by atoms with Crippen molar-refractivity contribution in [2.75, 3.05) is 27.1 Å². The van der Waals surface area contributed by atoms with Crippen molar-refractivity contribution in [1.29, 1.82) is 0 Å². The molecule has 0 atom stereocenters. The van der Waals surface area contributed by atoms with Crippen LogP contribution in [0.1, 0.15) is 0 Å². The molecule has 0 aromatic heterocycles. The quantitative estimate of drug-likeness (QED) is 0.496. The Morgan fingerprint density at radius 2 is 1.52 bits per heavy atom. The molecule has 0 aliphatic rings. The largest absolute Gasteiger partial charge is 0.504 e. The first-order chi connectivity index (χ1) is 12.0. The number of benzene rings is 3. The number of nitrogen functional groups attached to an aromatic ring is 1. The summed E-state index contributed by atoms with van der Waals surface area (Å²) in [4.78, 5) is 0. The molecule has 0 amide bonds. The molecule has 0 spiro atoms. The van der Waals surface area contributed by atoms with E-state index in [1.165, 1.54) is 27.4 Å². The number of rotatable bonds is 4. The molecule has 6 nitrogen and oxygen atoms in total. The van der Waals surface area contributed by atoms with Gasteiger partial charge >= 0.3 is 0 Å². The van der Waals surface area contributed by atoms with Gasteiger partial charge in [0.05, 0.1) is 26.9 Å². The van der Waals surface area contributed by atoms with E-state index in [2.05, 4.69) is 0 Å². The van der Waals surface area contributed by atoms with E-state index in [4.69, 9.17) is 19.9 Å². The summed E-state index contributed by atoms with van der Waals surface area (Å²) in [6, 6.07) is 10.4. The number of aromatic hydroxyl groups is 2. The van der Waals surface area contributed by atoms with Crippen LogP contribution in [0.15, 0.2) is 36.4 Å². The van der Waals surface area contributed by atoms with Crippen LogP contribution in [0.5, 0.6) is 28.7 Å². The van der Waals surface area contributed by atoms with Crippen molar-refractivity contribution in [2.45, 2.75) is 0 Å². The molecule has 25 heavy (non-hydrogen) atoms. The van der Waals surface area contributed by atoms with Crippen molar-refractivity contribution in [2.24, 2.45) is 0 Å². The fourth-order valence-corrected chi connectivity index (χ4v) is 3.01. The molecular formula is C19H19NO5. The first-order valence-corrected chi connectivity index (χ1v) is 7.56. The molecule has 3 aromatic rings. The van der Waals surface area contributed by atoms with Crippen molar-refractivity contribution in [3.05, 3.63) is 36.4 Å². The lowest BCUT2D eigenvalue weighted by Crippen LogP contribution is -2.01. The number of hydrogen-bond acceptors (Lipinski definition) is 6. The molecule has 4 N–H and O–H groups in total. The maximum Gasteiger partial charge on any atom is 0.204 e. The number of fused-ring (bicyclic) bond motifs is 1. The van der Waals surface area contributed by atoms with E-state index in [0.717, 1.165) is 10.8 Å². The topological polar surface area (TPSA) is 94.2 Å². The lowest BCUT2D eigenvalue weighted by Gasteiger charge is -2.20. The van der Waals surface area contributed by atoms with Gasteiger partial charge in [-0.15, -0.1) is 0 Å². The standard InChI is InChI=1S/C19H19NO5/c1-23-14-9-12(20)16(19(25-3)18(14)24-2)15-11-7-5-4-6-10(11)8-13(21)17(15)22/h4-9,21-22H,20H2,1-3H3. The van der Waals surface area contributed by atoms with Gasteiger partial charge in [-0.05, 0) is 16.8 Å². The van der Waals surface area contributed by atoms with Crippen LogP contribution in [0.2, 0.25) is 0 Å². The normalized spacial score (nSPS) is 10.7. The monoisotopic (exact) mass is 341 g/mol. The van der Waals surface area contributed by atoms with Gasteiger partial charge in [0.1, 0.15) is 0 Å². The predicted molar refractivity (Wildman–Crippen MR) is 96.8 cm³/mol. The molecule has 3 rings (SSSR count). The Kier molecular flexibility index (Phi) is 4.19. The number of phenolic OH excluding ortho intramolecular Hbond substituents is 2. The molecule has 0 saturated heterocycles. The second-order valence-corrected chi connectivity index (χ2v) is 5.45. The molecule has 0 fully saturated rings. The molecule has 130 valence electrons. The Morgan fingerprint density at radius 3 is 2.16 bits per heavy atom. The third-order valence-electron chi connectivity index (χ3n) is 4.11. The SMILES string of the molecule is COc1cc(N)c(-c2c(O)c(O)cc3ccccc23)c(OC)c1OC. The molecule has 0 aliphatic carbocycles. The van der Waals surface area contributed by atoms with E-state index in [1.54, 1.807) is 6.07 Å². The molecule has 6 heteroatoms. The van der Waals surface area contributed by atoms with Crippen LogP contribution in [-0.2, 0) is 0 Å². The summed E-state index contributed by atoms with van der Waals surface area (Å²) in [6.45, 7) is 0. The fraction of sp³-hybridized carbons (Fsp3) is 0.158. The Morgan fingerprint density at radius 1 is 0.840 bits per heavy atom. The zero-order chi connectivity index (χ0) is 18.1. The van der Waals surface area contributed by atoms with E-state index >= 15 is 0 Å². The zero-order valence-corrected chi connectivity index (χ0v) is 14.2. The average molecular weight is 341 g/mol. The summed E-state index contributed by atoms with van der Waals surface area (Å²) in [5.41, 5.74) is 7.34. The molecule has 0 heterocycles. The highest BCUT2D eigenvalue weighted by Crippen LogP contribution is 2.53. The predicted octanol–water partition coefficient (Wildman–Crippen LogP) is 3.53. The first kappa shape index (κ1) is 16.6. The van der Waals surface area contributed by atoms with Gasteiger partial charge in [0, 0.05) is 17.3 Å². The van der Waals surface area contributed by atoms with Gasteiger partial charge in [-0.3, -0.25) is 0 Å². The second-order valence-electron chi connectivity index (χ2n) is 5.45. The number of anilines is 1. The summed E-state index contributed by atoms with van der Waals surface area (Å²) < 4.78 is 16.2. The van der Waals surface area contributed by atoms with Crippen molar-refractivity contribution >= 4 is 16.5 Å². The van der Waals surface area contributed by atoms with Gasteiger partial charge < -0.3 is 30.2 Å². The number of methoxy groups -OCH3 is 3. The molecule has 0 unspecified atom stereocenters. The Bertz CT molecular complexity index is 952. The van der Waals surface area contributed by atoms with Gasteiger partial charge in [-0.2, -0.15) is 0 Å². The van der Waals surface area contributed by atoms with Crippen molar-refractivity contribution < 1.29 is 24.4 Å². The third-order valence-corrected chi connectivity index (χ3v) is 4.11. The smallest absolute Gasteiger partial charge is 0.204 e. The van der Waals surface area contributed by atoms with Gasteiger partial charge in [-0.25, -0.2) is 0 Å². The Hall–Kier alpha value is -3.28. The number of phenols is 2. The van der Waals surface area contributed by atoms with E-state index in [1.807, 2.05) is 24.3 Å². The minimum absolute atomic E-state index is 0.245. The van der Waals surface area contributed by atoms with Crippen LogP contribution in [0, 0.1) is 0 Å². The first-order valence-electron chi connectivity index (χ1n) is 7.56. The number of hydrogen-bond donors (Lipinski definition) is 3. The lowest BCUT2D eigenvalue weighted by molar-refractivity contribution is 0.325. The highest BCUT2D eigenvalue weighted by Gasteiger charge is 2.25. The van der Waals surface area contributed by atoms with Crippen LogP contribution < -0.4 is 19.9 Å². The maximum absolute atomic E-state index is 10.6. The van der Waals surface area contributed by atoms with E-state index in [-0.39, 0.29) is 11.5 Å². The lowest BCUT2D eigenvalue weighted by atomic mass is 9.94. The average Bonchev–Trinajstić information content (AvgIpc) is 2.62. The van der Waals surface area contributed by atoms with Crippen molar-refractivity contribution in [3.8, 4) is 39.9 Å². The molecule has 0 radical (unpaired) electrons. The Balaban J connectivity index is 2.49. The van der Waals surface area contributed by atoms with E-state index in [9.17, 15) is 10.2 Å². The van der Waals surface area contributed by atoms with Crippen LogP contribution >= 0.6 is 0 Å². The molecule has 0 aliphatic heterocycles. The van der Waals surface area contributed by atoms with Gasteiger partial charge in [0.15, 0.2) is 23.0 Å². The second kappa shape index (κ2) is 6.32. The molecule has 0 bridgehead atoms. The van der Waals surface area contributed by atoms with E-state index < -0.39 is 0 Å². The zero-order valence-electron chi connectivity index (χ0n) is 14.2.